The SMILES string of the molecule is CC[C@H](NC(=O)Nc1cc(Br)cc(OC)c1)C(=O)O. The highest BCUT2D eigenvalue weighted by molar-refractivity contribution is 9.10. The third-order valence-electron chi connectivity index (χ3n) is 2.38. The number of urea groups is 1. The number of anilines is 1. The van der Waals surface area contributed by atoms with Crippen molar-refractivity contribution in [1.29, 1.82) is 0 Å². The standard InChI is InChI=1S/C12H15BrN2O4/c1-3-10(11(16)17)15-12(18)14-8-4-7(13)5-9(6-8)19-2/h4-6,10H,3H2,1-2H3,(H,16,17)(H2,14,15,18)/t10-/m0/s1. The Morgan fingerprint density at radius 2 is 2.11 bits per heavy atom. The van der Waals surface area contributed by atoms with Crippen molar-refractivity contribution >= 4 is 33.6 Å². The maximum Gasteiger partial charge on any atom is 0.326 e. The summed E-state index contributed by atoms with van der Waals surface area (Å²) in [5.74, 6) is -0.487. The zero-order chi connectivity index (χ0) is 14.4. The third kappa shape index (κ3) is 4.78. The Labute approximate surface area is 119 Å². The Morgan fingerprint density at radius 1 is 1.42 bits per heavy atom. The van der Waals surface area contributed by atoms with Gasteiger partial charge in [0.05, 0.1) is 7.11 Å². The molecule has 0 aliphatic heterocycles. The molecule has 19 heavy (non-hydrogen) atoms. The van der Waals surface area contributed by atoms with E-state index in [9.17, 15) is 9.59 Å². The summed E-state index contributed by atoms with van der Waals surface area (Å²) in [6, 6.07) is 3.58. The third-order valence-corrected chi connectivity index (χ3v) is 2.83. The van der Waals surface area contributed by atoms with Crippen LogP contribution in [0.25, 0.3) is 0 Å². The molecule has 104 valence electrons. The van der Waals surface area contributed by atoms with Crippen LogP contribution in [0.5, 0.6) is 5.75 Å². The molecular formula is C12H15BrN2O4. The van der Waals surface area contributed by atoms with Gasteiger partial charge in [-0.05, 0) is 18.6 Å². The fourth-order valence-electron chi connectivity index (χ4n) is 1.42. The molecule has 0 aliphatic rings. The molecule has 0 unspecified atom stereocenters. The summed E-state index contributed by atoms with van der Waals surface area (Å²) in [6.07, 6.45) is 0.310. The molecule has 6 nitrogen and oxygen atoms in total. The average Bonchev–Trinajstić information content (AvgIpc) is 2.34. The lowest BCUT2D eigenvalue weighted by Crippen LogP contribution is -2.42. The number of carbonyl (C=O) groups excluding carboxylic acids is 1. The van der Waals surface area contributed by atoms with E-state index in [2.05, 4.69) is 26.6 Å². The zero-order valence-corrected chi connectivity index (χ0v) is 12.2. The highest BCUT2D eigenvalue weighted by Gasteiger charge is 2.17. The van der Waals surface area contributed by atoms with Crippen LogP contribution in [0.1, 0.15) is 13.3 Å². The molecule has 1 atom stereocenters. The first-order valence-corrected chi connectivity index (χ1v) is 6.40. The van der Waals surface area contributed by atoms with Crippen LogP contribution in [-0.2, 0) is 4.79 Å². The van der Waals surface area contributed by atoms with E-state index in [1.807, 2.05) is 0 Å². The van der Waals surface area contributed by atoms with Crippen molar-refractivity contribution in [3.05, 3.63) is 22.7 Å². The maximum atomic E-state index is 11.7. The number of hydrogen-bond acceptors (Lipinski definition) is 3. The van der Waals surface area contributed by atoms with E-state index in [-0.39, 0.29) is 0 Å². The molecule has 1 aromatic rings. The monoisotopic (exact) mass is 330 g/mol. The molecule has 0 saturated carbocycles. The molecular weight excluding hydrogens is 316 g/mol. The highest BCUT2D eigenvalue weighted by atomic mass is 79.9. The van der Waals surface area contributed by atoms with Gasteiger partial charge in [0, 0.05) is 16.2 Å². The van der Waals surface area contributed by atoms with Crippen molar-refractivity contribution < 1.29 is 19.4 Å². The minimum absolute atomic E-state index is 0.310. The first-order chi connectivity index (χ1) is 8.96. The molecule has 0 aliphatic carbocycles. The summed E-state index contributed by atoms with van der Waals surface area (Å²) in [5.41, 5.74) is 0.504. The molecule has 0 fully saturated rings. The molecule has 0 spiro atoms. The van der Waals surface area contributed by atoms with E-state index in [4.69, 9.17) is 9.84 Å². The number of nitrogens with one attached hydrogen (secondary N) is 2. The van der Waals surface area contributed by atoms with Gasteiger partial charge in [0.25, 0.3) is 0 Å². The van der Waals surface area contributed by atoms with Gasteiger partial charge < -0.3 is 20.5 Å². The van der Waals surface area contributed by atoms with Gasteiger partial charge in [-0.15, -0.1) is 0 Å². The normalized spacial score (nSPS) is 11.5. The van der Waals surface area contributed by atoms with Gasteiger partial charge in [0.1, 0.15) is 11.8 Å². The maximum absolute atomic E-state index is 11.7. The predicted molar refractivity (Wildman–Crippen MR) is 74.6 cm³/mol. The van der Waals surface area contributed by atoms with Gasteiger partial charge in [0.15, 0.2) is 0 Å². The van der Waals surface area contributed by atoms with Crippen LogP contribution in [0.2, 0.25) is 0 Å². The van der Waals surface area contributed by atoms with Crippen molar-refractivity contribution in [2.45, 2.75) is 19.4 Å². The molecule has 1 aromatic carbocycles. The molecule has 0 radical (unpaired) electrons. The number of methoxy groups -OCH3 is 1. The second kappa shape index (κ2) is 6.98. The Bertz CT molecular complexity index is 479. The number of benzene rings is 1. The first-order valence-electron chi connectivity index (χ1n) is 5.61. The van der Waals surface area contributed by atoms with E-state index in [0.717, 1.165) is 4.47 Å². The Morgan fingerprint density at radius 3 is 2.63 bits per heavy atom. The van der Waals surface area contributed by atoms with Crippen LogP contribution < -0.4 is 15.4 Å². The average molecular weight is 331 g/mol. The molecule has 0 saturated heterocycles. The lowest BCUT2D eigenvalue weighted by atomic mass is 10.2. The van der Waals surface area contributed by atoms with Crippen LogP contribution in [-0.4, -0.2) is 30.3 Å². The number of carboxylic acids is 1. The zero-order valence-electron chi connectivity index (χ0n) is 10.6. The van der Waals surface area contributed by atoms with Gasteiger partial charge in [-0.1, -0.05) is 22.9 Å². The van der Waals surface area contributed by atoms with Gasteiger partial charge in [-0.25, -0.2) is 9.59 Å². The van der Waals surface area contributed by atoms with Gasteiger partial charge >= 0.3 is 12.0 Å². The molecule has 0 aromatic heterocycles. The summed E-state index contributed by atoms with van der Waals surface area (Å²) < 4.78 is 5.80. The van der Waals surface area contributed by atoms with Crippen LogP contribution in [0.4, 0.5) is 10.5 Å². The summed E-state index contributed by atoms with van der Waals surface area (Å²) in [4.78, 5) is 22.5. The van der Waals surface area contributed by atoms with E-state index < -0.39 is 18.0 Å². The van der Waals surface area contributed by atoms with Gasteiger partial charge in [-0.3, -0.25) is 0 Å². The number of aliphatic carboxylic acids is 1. The Kier molecular flexibility index (Phi) is 5.62. The smallest absolute Gasteiger partial charge is 0.326 e. The van der Waals surface area contributed by atoms with E-state index >= 15 is 0 Å². The number of carboxylic acid groups (broad SMARTS) is 1. The van der Waals surface area contributed by atoms with Crippen molar-refractivity contribution in [3.8, 4) is 5.75 Å². The minimum Gasteiger partial charge on any atom is -0.497 e. The van der Waals surface area contributed by atoms with Crippen molar-refractivity contribution in [1.82, 2.24) is 5.32 Å². The number of halogens is 1. The summed E-state index contributed by atoms with van der Waals surface area (Å²) in [5, 5.41) is 13.8. The molecule has 3 N–H and O–H groups in total. The molecule has 2 amide bonds. The van der Waals surface area contributed by atoms with Gasteiger partial charge in [-0.2, -0.15) is 0 Å². The Balaban J connectivity index is 2.71. The summed E-state index contributed by atoms with van der Waals surface area (Å²) >= 11 is 3.29. The van der Waals surface area contributed by atoms with Crippen molar-refractivity contribution in [3.63, 3.8) is 0 Å². The van der Waals surface area contributed by atoms with Crippen LogP contribution >= 0.6 is 15.9 Å². The van der Waals surface area contributed by atoms with Crippen LogP contribution in [0, 0.1) is 0 Å². The number of carbonyl (C=O) groups is 2. The lowest BCUT2D eigenvalue weighted by Gasteiger charge is -2.13. The van der Waals surface area contributed by atoms with Crippen molar-refractivity contribution in [2.24, 2.45) is 0 Å². The van der Waals surface area contributed by atoms with Crippen molar-refractivity contribution in [2.75, 3.05) is 12.4 Å². The Hall–Kier alpha value is -1.76. The largest absolute Gasteiger partial charge is 0.497 e. The molecule has 7 heteroatoms. The quantitative estimate of drug-likeness (QED) is 0.773. The second-order valence-electron chi connectivity index (χ2n) is 3.78. The van der Waals surface area contributed by atoms with Crippen LogP contribution in [0.15, 0.2) is 22.7 Å². The number of hydrogen-bond donors (Lipinski definition) is 3. The fourth-order valence-corrected chi connectivity index (χ4v) is 1.89. The number of amides is 2. The second-order valence-corrected chi connectivity index (χ2v) is 4.69. The lowest BCUT2D eigenvalue weighted by molar-refractivity contribution is -0.139. The van der Waals surface area contributed by atoms with E-state index in [1.165, 1.54) is 7.11 Å². The summed E-state index contributed by atoms with van der Waals surface area (Å²) in [6.45, 7) is 1.68. The summed E-state index contributed by atoms with van der Waals surface area (Å²) in [7, 11) is 1.52. The minimum atomic E-state index is -1.07. The first kappa shape index (κ1) is 15.3. The van der Waals surface area contributed by atoms with Gasteiger partial charge in [0.2, 0.25) is 0 Å². The van der Waals surface area contributed by atoms with E-state index in [1.54, 1.807) is 25.1 Å². The number of rotatable bonds is 5. The number of ether oxygens (including phenoxy) is 1. The molecule has 0 bridgehead atoms. The topological polar surface area (TPSA) is 87.7 Å². The fraction of sp³-hybridized carbons (Fsp3) is 0.333. The molecule has 0 heterocycles. The van der Waals surface area contributed by atoms with Crippen LogP contribution in [0.3, 0.4) is 0 Å². The highest BCUT2D eigenvalue weighted by Crippen LogP contribution is 2.24. The predicted octanol–water partition coefficient (Wildman–Crippen LogP) is 2.44. The molecule has 1 rings (SSSR count). The van der Waals surface area contributed by atoms with E-state index in [0.29, 0.717) is 17.9 Å².